The van der Waals surface area contributed by atoms with Gasteiger partial charge in [0, 0.05) is 17.1 Å². The number of halogens is 3. The first-order chi connectivity index (χ1) is 14.9. The molecule has 4 rings (SSSR count). The Morgan fingerprint density at radius 3 is 2.55 bits per heavy atom. The zero-order valence-corrected chi connectivity index (χ0v) is 16.6. The van der Waals surface area contributed by atoms with E-state index in [2.05, 4.69) is 30.8 Å². The van der Waals surface area contributed by atoms with Gasteiger partial charge in [0.05, 0.1) is 17.1 Å². The molecule has 0 unspecified atom stereocenters. The van der Waals surface area contributed by atoms with Crippen LogP contribution in [-0.2, 0) is 11.9 Å². The standard InChI is InChI=1S/C20H15F3N6OS/c21-20(22,23)13-4-2-6-15(8-13)28-19(30)27-14-5-1-3-12(7-14)10-31-18-16-9-26-29-17(16)24-11-25-18/h1-9,11H,10H2,(H2,27,28,30)(H,24,25,26,29). The van der Waals surface area contributed by atoms with Crippen molar-refractivity contribution in [3.05, 3.63) is 72.2 Å². The first-order valence-electron chi connectivity index (χ1n) is 8.99. The monoisotopic (exact) mass is 444 g/mol. The van der Waals surface area contributed by atoms with Gasteiger partial charge >= 0.3 is 12.2 Å². The number of anilines is 2. The Balaban J connectivity index is 1.39. The zero-order valence-electron chi connectivity index (χ0n) is 15.8. The quantitative estimate of drug-likeness (QED) is 0.286. The largest absolute Gasteiger partial charge is 0.416 e. The molecule has 158 valence electrons. The Bertz CT molecular complexity index is 1230. The van der Waals surface area contributed by atoms with Gasteiger partial charge in [0.15, 0.2) is 5.65 Å². The minimum absolute atomic E-state index is 0.0481. The van der Waals surface area contributed by atoms with Crippen molar-refractivity contribution in [3.8, 4) is 0 Å². The molecule has 0 radical (unpaired) electrons. The number of aromatic amines is 1. The summed E-state index contributed by atoms with van der Waals surface area (Å²) in [6, 6.07) is 11.0. The van der Waals surface area contributed by atoms with Gasteiger partial charge in [-0.05, 0) is 35.9 Å². The molecule has 2 aromatic heterocycles. The number of H-pyrrole nitrogens is 1. The number of carbonyl (C=O) groups excluding carboxylic acids is 1. The topological polar surface area (TPSA) is 95.6 Å². The van der Waals surface area contributed by atoms with Crippen molar-refractivity contribution in [1.29, 1.82) is 0 Å². The molecule has 2 aromatic carbocycles. The fourth-order valence-electron chi connectivity index (χ4n) is 2.82. The van der Waals surface area contributed by atoms with Crippen LogP contribution in [0.2, 0.25) is 0 Å². The molecule has 0 aliphatic rings. The van der Waals surface area contributed by atoms with Crippen LogP contribution in [-0.4, -0.2) is 26.2 Å². The van der Waals surface area contributed by atoms with Crippen LogP contribution < -0.4 is 10.6 Å². The van der Waals surface area contributed by atoms with Crippen molar-refractivity contribution < 1.29 is 18.0 Å². The number of benzene rings is 2. The molecular weight excluding hydrogens is 429 g/mol. The number of aromatic nitrogens is 4. The second kappa shape index (κ2) is 8.64. The Labute approximate surface area is 178 Å². The number of hydrogen-bond acceptors (Lipinski definition) is 5. The van der Waals surface area contributed by atoms with Crippen molar-refractivity contribution in [2.75, 3.05) is 10.6 Å². The van der Waals surface area contributed by atoms with E-state index in [4.69, 9.17) is 0 Å². The molecule has 0 spiro atoms. The summed E-state index contributed by atoms with van der Waals surface area (Å²) < 4.78 is 38.4. The van der Waals surface area contributed by atoms with E-state index in [-0.39, 0.29) is 5.69 Å². The molecule has 0 atom stereocenters. The highest BCUT2D eigenvalue weighted by Gasteiger charge is 2.30. The highest BCUT2D eigenvalue weighted by Crippen LogP contribution is 2.31. The van der Waals surface area contributed by atoms with Crippen molar-refractivity contribution in [2.24, 2.45) is 0 Å². The number of urea groups is 1. The zero-order chi connectivity index (χ0) is 21.8. The van der Waals surface area contributed by atoms with Crippen LogP contribution in [0.5, 0.6) is 0 Å². The van der Waals surface area contributed by atoms with E-state index in [0.29, 0.717) is 17.1 Å². The van der Waals surface area contributed by atoms with Gasteiger partial charge in [0.25, 0.3) is 0 Å². The fraction of sp³-hybridized carbons (Fsp3) is 0.100. The lowest BCUT2D eigenvalue weighted by molar-refractivity contribution is -0.137. The number of fused-ring (bicyclic) bond motifs is 1. The number of rotatable bonds is 5. The molecular formula is C20H15F3N6OS. The van der Waals surface area contributed by atoms with Gasteiger partial charge in [0.1, 0.15) is 11.4 Å². The first kappa shape index (κ1) is 20.7. The summed E-state index contributed by atoms with van der Waals surface area (Å²) in [6.45, 7) is 0. The van der Waals surface area contributed by atoms with Crippen molar-refractivity contribution in [3.63, 3.8) is 0 Å². The third-order valence-electron chi connectivity index (χ3n) is 4.22. The Morgan fingerprint density at radius 2 is 1.77 bits per heavy atom. The normalized spacial score (nSPS) is 11.5. The van der Waals surface area contributed by atoms with E-state index in [9.17, 15) is 18.0 Å². The van der Waals surface area contributed by atoms with Crippen LogP contribution >= 0.6 is 11.8 Å². The van der Waals surface area contributed by atoms with Gasteiger partial charge in [0.2, 0.25) is 0 Å². The van der Waals surface area contributed by atoms with Crippen molar-refractivity contribution in [2.45, 2.75) is 17.0 Å². The highest BCUT2D eigenvalue weighted by atomic mass is 32.2. The van der Waals surface area contributed by atoms with Gasteiger partial charge in [-0.3, -0.25) is 5.10 Å². The summed E-state index contributed by atoms with van der Waals surface area (Å²) in [5.41, 5.74) is 1.31. The molecule has 0 saturated heterocycles. The molecule has 0 fully saturated rings. The molecule has 2 amide bonds. The predicted octanol–water partition coefficient (Wildman–Crippen LogP) is 5.31. The maximum Gasteiger partial charge on any atom is 0.416 e. The molecule has 4 aromatic rings. The van der Waals surface area contributed by atoms with Crippen LogP contribution in [0.1, 0.15) is 11.1 Å². The number of carbonyl (C=O) groups is 1. The molecule has 0 aliphatic carbocycles. The lowest BCUT2D eigenvalue weighted by Gasteiger charge is -2.11. The second-order valence-corrected chi connectivity index (χ2v) is 7.42. The molecule has 11 heteroatoms. The van der Waals surface area contributed by atoms with E-state index < -0.39 is 17.8 Å². The minimum atomic E-state index is -4.48. The van der Waals surface area contributed by atoms with E-state index in [1.807, 2.05) is 6.07 Å². The van der Waals surface area contributed by atoms with Gasteiger partial charge < -0.3 is 10.6 Å². The maximum absolute atomic E-state index is 12.8. The van der Waals surface area contributed by atoms with Crippen LogP contribution in [0.4, 0.5) is 29.3 Å². The summed E-state index contributed by atoms with van der Waals surface area (Å²) in [4.78, 5) is 20.6. The summed E-state index contributed by atoms with van der Waals surface area (Å²) >= 11 is 1.50. The van der Waals surface area contributed by atoms with Gasteiger partial charge in [-0.1, -0.05) is 18.2 Å². The highest BCUT2D eigenvalue weighted by molar-refractivity contribution is 7.98. The number of amides is 2. The Morgan fingerprint density at radius 1 is 1.03 bits per heavy atom. The third kappa shape index (κ3) is 5.12. The van der Waals surface area contributed by atoms with Crippen LogP contribution in [0.15, 0.2) is 66.1 Å². The maximum atomic E-state index is 12.8. The van der Waals surface area contributed by atoms with E-state index in [1.54, 1.807) is 24.4 Å². The van der Waals surface area contributed by atoms with Crippen LogP contribution in [0.3, 0.4) is 0 Å². The lowest BCUT2D eigenvalue weighted by Crippen LogP contribution is -2.19. The van der Waals surface area contributed by atoms with Gasteiger partial charge in [-0.2, -0.15) is 18.3 Å². The van der Waals surface area contributed by atoms with Crippen molar-refractivity contribution in [1.82, 2.24) is 20.2 Å². The number of nitrogens with one attached hydrogen (secondary N) is 3. The summed E-state index contributed by atoms with van der Waals surface area (Å²) in [6.07, 6.45) is -1.36. The second-order valence-electron chi connectivity index (χ2n) is 6.46. The molecule has 2 heterocycles. The van der Waals surface area contributed by atoms with Gasteiger partial charge in [-0.15, -0.1) is 11.8 Å². The first-order valence-corrected chi connectivity index (χ1v) is 9.98. The summed E-state index contributed by atoms with van der Waals surface area (Å²) in [7, 11) is 0. The molecule has 3 N–H and O–H groups in total. The number of alkyl halides is 3. The Hall–Kier alpha value is -3.60. The SMILES string of the molecule is O=C(Nc1cccc(CSc2ncnc3[nH]ncc23)c1)Nc1cccc(C(F)(F)F)c1. The number of thioether (sulfide) groups is 1. The third-order valence-corrected chi connectivity index (χ3v) is 5.30. The Kier molecular flexibility index (Phi) is 5.76. The van der Waals surface area contributed by atoms with Crippen LogP contribution in [0, 0.1) is 0 Å². The lowest BCUT2D eigenvalue weighted by atomic mass is 10.2. The number of nitrogens with zero attached hydrogens (tertiary/aromatic N) is 3. The molecule has 0 aliphatic heterocycles. The minimum Gasteiger partial charge on any atom is -0.308 e. The molecule has 0 bridgehead atoms. The van der Waals surface area contributed by atoms with E-state index in [1.165, 1.54) is 30.2 Å². The summed E-state index contributed by atoms with van der Waals surface area (Å²) in [5, 5.41) is 13.4. The van der Waals surface area contributed by atoms with Crippen molar-refractivity contribution >= 4 is 40.2 Å². The van der Waals surface area contributed by atoms with Crippen LogP contribution in [0.25, 0.3) is 11.0 Å². The number of hydrogen-bond donors (Lipinski definition) is 3. The molecule has 7 nitrogen and oxygen atoms in total. The summed E-state index contributed by atoms with van der Waals surface area (Å²) in [5.74, 6) is 0.585. The average Bonchev–Trinajstić information content (AvgIpc) is 3.21. The predicted molar refractivity (Wildman–Crippen MR) is 112 cm³/mol. The van der Waals surface area contributed by atoms with E-state index >= 15 is 0 Å². The molecule has 0 saturated carbocycles. The van der Waals surface area contributed by atoms with E-state index in [0.717, 1.165) is 28.1 Å². The average molecular weight is 444 g/mol. The fourth-order valence-corrected chi connectivity index (χ4v) is 3.72. The smallest absolute Gasteiger partial charge is 0.308 e. The van der Waals surface area contributed by atoms with Gasteiger partial charge in [-0.25, -0.2) is 14.8 Å². The molecule has 31 heavy (non-hydrogen) atoms.